The Balaban J connectivity index is 1.32. The zero-order valence-electron chi connectivity index (χ0n) is 22.2. The van der Waals surface area contributed by atoms with E-state index in [1.807, 2.05) is 29.8 Å². The predicted octanol–water partition coefficient (Wildman–Crippen LogP) is 4.32. The standard InChI is InChI=1S/C29H35ClN4O3S/c1-20-6-11-25(17-26(20)30)38(36,37)34-14-13-33-12-4-5-27(33)28(34)18-29(35)31-24-10-9-22-15-21(19-32(2)3)7-8-23(22)16-24/h4-8,11-12,15,17,24,28H,9-10,13-14,16,18-19H2,1-3H3,(H,31,35). The number of carbonyl (C=O) groups is 1. The van der Waals surface area contributed by atoms with Gasteiger partial charge in [-0.15, -0.1) is 0 Å². The molecule has 1 N–H and O–H groups in total. The Morgan fingerprint density at radius 3 is 2.68 bits per heavy atom. The maximum Gasteiger partial charge on any atom is 0.243 e. The quantitative estimate of drug-likeness (QED) is 0.472. The molecule has 1 amide bonds. The Morgan fingerprint density at radius 2 is 1.92 bits per heavy atom. The Morgan fingerprint density at radius 1 is 1.11 bits per heavy atom. The molecule has 38 heavy (non-hydrogen) atoms. The van der Waals surface area contributed by atoms with Crippen molar-refractivity contribution in [2.75, 3.05) is 20.6 Å². The molecule has 1 aliphatic heterocycles. The van der Waals surface area contributed by atoms with Gasteiger partial charge >= 0.3 is 0 Å². The molecular weight excluding hydrogens is 520 g/mol. The lowest BCUT2D eigenvalue weighted by Crippen LogP contribution is -2.45. The molecule has 202 valence electrons. The maximum atomic E-state index is 13.7. The topological polar surface area (TPSA) is 74.6 Å². The van der Waals surface area contributed by atoms with Crippen molar-refractivity contribution < 1.29 is 13.2 Å². The van der Waals surface area contributed by atoms with E-state index in [1.165, 1.54) is 27.1 Å². The lowest BCUT2D eigenvalue weighted by molar-refractivity contribution is -0.123. The number of halogens is 1. The van der Waals surface area contributed by atoms with Crippen molar-refractivity contribution >= 4 is 27.5 Å². The molecule has 0 bridgehead atoms. The van der Waals surface area contributed by atoms with Crippen LogP contribution in [0.2, 0.25) is 5.02 Å². The predicted molar refractivity (Wildman–Crippen MR) is 150 cm³/mol. The smallest absolute Gasteiger partial charge is 0.243 e. The molecule has 2 heterocycles. The normalized spacial score (nSPS) is 19.7. The summed E-state index contributed by atoms with van der Waals surface area (Å²) < 4.78 is 30.9. The van der Waals surface area contributed by atoms with Crippen LogP contribution in [0.15, 0.2) is 59.6 Å². The van der Waals surface area contributed by atoms with E-state index >= 15 is 0 Å². The molecular formula is C29H35ClN4O3S. The highest BCUT2D eigenvalue weighted by Crippen LogP contribution is 2.35. The van der Waals surface area contributed by atoms with E-state index in [9.17, 15) is 13.2 Å². The molecule has 1 aliphatic carbocycles. The summed E-state index contributed by atoms with van der Waals surface area (Å²) >= 11 is 6.26. The first-order chi connectivity index (χ1) is 18.1. The van der Waals surface area contributed by atoms with Crippen LogP contribution in [-0.4, -0.2) is 54.8 Å². The van der Waals surface area contributed by atoms with Gasteiger partial charge in [0.15, 0.2) is 0 Å². The first kappa shape index (κ1) is 26.9. The maximum absolute atomic E-state index is 13.7. The number of aryl methyl sites for hydroxylation is 2. The molecule has 0 saturated carbocycles. The molecule has 0 radical (unpaired) electrons. The molecule has 3 aromatic rings. The average Bonchev–Trinajstić information content (AvgIpc) is 3.35. The number of rotatable bonds is 7. The number of aromatic nitrogens is 1. The van der Waals surface area contributed by atoms with Crippen LogP contribution in [0.4, 0.5) is 0 Å². The van der Waals surface area contributed by atoms with Gasteiger partial charge in [-0.05, 0) is 86.8 Å². The third-order valence-electron chi connectivity index (χ3n) is 7.61. The molecule has 9 heteroatoms. The number of fused-ring (bicyclic) bond motifs is 2. The average molecular weight is 555 g/mol. The summed E-state index contributed by atoms with van der Waals surface area (Å²) in [6.07, 6.45) is 4.58. The molecule has 0 spiro atoms. The number of benzene rings is 2. The van der Waals surface area contributed by atoms with Crippen LogP contribution >= 0.6 is 11.6 Å². The van der Waals surface area contributed by atoms with Gasteiger partial charge in [0.05, 0.1) is 10.9 Å². The highest BCUT2D eigenvalue weighted by Gasteiger charge is 2.38. The summed E-state index contributed by atoms with van der Waals surface area (Å²) in [7, 11) is 0.281. The second-order valence-corrected chi connectivity index (χ2v) is 13.0. The molecule has 2 aromatic carbocycles. The van der Waals surface area contributed by atoms with Crippen LogP contribution < -0.4 is 5.32 Å². The van der Waals surface area contributed by atoms with E-state index in [4.69, 9.17) is 11.6 Å². The first-order valence-electron chi connectivity index (χ1n) is 13.1. The van der Waals surface area contributed by atoms with Crippen LogP contribution in [0.3, 0.4) is 0 Å². The van der Waals surface area contributed by atoms with Gasteiger partial charge < -0.3 is 14.8 Å². The lowest BCUT2D eigenvalue weighted by atomic mass is 9.87. The summed E-state index contributed by atoms with van der Waals surface area (Å²) in [5, 5.41) is 3.62. The summed E-state index contributed by atoms with van der Waals surface area (Å²) in [6.45, 7) is 3.57. The largest absolute Gasteiger partial charge is 0.353 e. The summed E-state index contributed by atoms with van der Waals surface area (Å²) in [6, 6.07) is 14.7. The summed E-state index contributed by atoms with van der Waals surface area (Å²) in [5.74, 6) is -0.135. The third-order valence-corrected chi connectivity index (χ3v) is 9.92. The van der Waals surface area contributed by atoms with Crippen LogP contribution in [-0.2, 0) is 40.7 Å². The molecule has 0 saturated heterocycles. The van der Waals surface area contributed by atoms with Gasteiger partial charge in [0.1, 0.15) is 0 Å². The molecule has 2 unspecified atom stereocenters. The fourth-order valence-corrected chi connectivity index (χ4v) is 7.53. The highest BCUT2D eigenvalue weighted by atomic mass is 35.5. The fourth-order valence-electron chi connectivity index (χ4n) is 5.66. The minimum Gasteiger partial charge on any atom is -0.353 e. The number of nitrogens with zero attached hydrogens (tertiary/aromatic N) is 3. The van der Waals surface area contributed by atoms with E-state index in [1.54, 1.807) is 12.1 Å². The van der Waals surface area contributed by atoms with E-state index in [2.05, 4.69) is 42.5 Å². The van der Waals surface area contributed by atoms with Crippen molar-refractivity contribution in [1.29, 1.82) is 0 Å². The highest BCUT2D eigenvalue weighted by molar-refractivity contribution is 7.89. The summed E-state index contributed by atoms with van der Waals surface area (Å²) in [4.78, 5) is 15.6. The Kier molecular flexibility index (Phi) is 7.69. The van der Waals surface area contributed by atoms with Crippen molar-refractivity contribution in [3.8, 4) is 0 Å². The van der Waals surface area contributed by atoms with Crippen molar-refractivity contribution in [3.63, 3.8) is 0 Å². The van der Waals surface area contributed by atoms with Gasteiger partial charge in [-0.2, -0.15) is 4.31 Å². The molecule has 7 nitrogen and oxygen atoms in total. The third kappa shape index (κ3) is 5.54. The van der Waals surface area contributed by atoms with E-state index in [0.717, 1.165) is 37.1 Å². The monoisotopic (exact) mass is 554 g/mol. The fraction of sp³-hybridized carbons (Fsp3) is 0.414. The van der Waals surface area contributed by atoms with Crippen LogP contribution in [0.5, 0.6) is 0 Å². The lowest BCUT2D eigenvalue weighted by Gasteiger charge is -2.36. The number of hydrogen-bond donors (Lipinski definition) is 1. The van der Waals surface area contributed by atoms with Gasteiger partial charge in [-0.25, -0.2) is 8.42 Å². The van der Waals surface area contributed by atoms with Crippen LogP contribution in [0.1, 0.15) is 46.8 Å². The van der Waals surface area contributed by atoms with E-state index < -0.39 is 16.1 Å². The number of hydrogen-bond acceptors (Lipinski definition) is 4. The van der Waals surface area contributed by atoms with Crippen LogP contribution in [0.25, 0.3) is 0 Å². The summed E-state index contributed by atoms with van der Waals surface area (Å²) in [5.41, 5.74) is 5.57. The molecule has 2 aliphatic rings. The minimum absolute atomic E-state index is 0.0334. The molecule has 0 fully saturated rings. The van der Waals surface area contributed by atoms with Crippen molar-refractivity contribution in [2.45, 2.75) is 62.7 Å². The number of sulfonamides is 1. The minimum atomic E-state index is -3.85. The number of nitrogens with one attached hydrogen (secondary N) is 1. The van der Waals surface area contributed by atoms with Gasteiger partial charge in [-0.3, -0.25) is 4.79 Å². The Labute approximate surface area is 230 Å². The van der Waals surface area contributed by atoms with Crippen molar-refractivity contribution in [3.05, 3.63) is 87.7 Å². The van der Waals surface area contributed by atoms with Crippen molar-refractivity contribution in [1.82, 2.24) is 19.1 Å². The molecule has 5 rings (SSSR count). The molecule has 1 aromatic heterocycles. The van der Waals surface area contributed by atoms with Gasteiger partial charge in [0.2, 0.25) is 15.9 Å². The zero-order valence-corrected chi connectivity index (χ0v) is 23.7. The first-order valence-corrected chi connectivity index (χ1v) is 14.9. The second-order valence-electron chi connectivity index (χ2n) is 10.7. The van der Waals surface area contributed by atoms with Gasteiger partial charge in [0.25, 0.3) is 0 Å². The number of amides is 1. The van der Waals surface area contributed by atoms with E-state index in [0.29, 0.717) is 18.1 Å². The van der Waals surface area contributed by atoms with E-state index in [-0.39, 0.29) is 23.3 Å². The Bertz CT molecular complexity index is 1450. The van der Waals surface area contributed by atoms with Crippen molar-refractivity contribution in [2.24, 2.45) is 0 Å². The SMILES string of the molecule is Cc1ccc(S(=O)(=O)N2CCn3cccc3C2CC(=O)NC2CCc3cc(CN(C)C)ccc3C2)cc1Cl. The van der Waals surface area contributed by atoms with Gasteiger partial charge in [0, 0.05) is 49.0 Å². The Hall–Kier alpha value is -2.65. The van der Waals surface area contributed by atoms with Gasteiger partial charge in [-0.1, -0.05) is 35.9 Å². The zero-order chi connectivity index (χ0) is 27.0. The number of carbonyl (C=O) groups excluding carboxylic acids is 1. The molecule has 2 atom stereocenters. The second kappa shape index (κ2) is 10.8. The van der Waals surface area contributed by atoms with Crippen LogP contribution in [0, 0.1) is 6.92 Å².